The molecule has 0 heterocycles. The van der Waals surface area contributed by atoms with E-state index in [9.17, 15) is 0 Å². The van der Waals surface area contributed by atoms with E-state index in [4.69, 9.17) is 15.4 Å². The first-order chi connectivity index (χ1) is 5.65. The number of benzene rings is 1. The fraction of sp³-hybridized carbons (Fsp3) is 0.250. The number of rotatable bonds is 2. The predicted octanol–water partition coefficient (Wildman–Crippen LogP) is 0.885. The normalized spacial score (nSPS) is 10.2. The van der Waals surface area contributed by atoms with E-state index in [0.29, 0.717) is 11.1 Å². The summed E-state index contributed by atoms with van der Waals surface area (Å²) in [6.45, 7) is 1.92. The molecule has 4 N–H and O–H groups in total. The Morgan fingerprint density at radius 1 is 1.33 bits per heavy atom. The third kappa shape index (κ3) is 1.66. The predicted molar refractivity (Wildman–Crippen MR) is 43.1 cm³/mol. The molecule has 0 unspecified atom stereocenters. The van der Waals surface area contributed by atoms with Crippen molar-refractivity contribution in [2.45, 2.75) is 13.5 Å². The molecule has 4 heteroatoms. The highest BCUT2D eigenvalue weighted by molar-refractivity contribution is 5.46. The van der Waals surface area contributed by atoms with E-state index in [0.717, 1.165) is 0 Å². The van der Waals surface area contributed by atoms with Gasteiger partial charge in [-0.25, -0.2) is 5.48 Å². The third-order valence-corrected chi connectivity index (χ3v) is 1.62. The number of aromatic hydroxyl groups is 2. The Kier molecular flexibility index (Phi) is 2.52. The van der Waals surface area contributed by atoms with E-state index in [1.807, 2.05) is 5.48 Å². The Balaban J connectivity index is 3.04. The van der Waals surface area contributed by atoms with Crippen LogP contribution in [0.5, 0.6) is 11.5 Å². The van der Waals surface area contributed by atoms with Crippen molar-refractivity contribution in [2.24, 2.45) is 0 Å². The summed E-state index contributed by atoms with van der Waals surface area (Å²) in [6.07, 6.45) is 0. The summed E-state index contributed by atoms with van der Waals surface area (Å²) in [5.74, 6) is -0.281. The van der Waals surface area contributed by atoms with E-state index < -0.39 is 0 Å². The van der Waals surface area contributed by atoms with Crippen LogP contribution in [0.25, 0.3) is 0 Å². The summed E-state index contributed by atoms with van der Waals surface area (Å²) in [4.78, 5) is 0. The van der Waals surface area contributed by atoms with E-state index in [-0.39, 0.29) is 18.0 Å². The Morgan fingerprint density at radius 2 is 2.00 bits per heavy atom. The quantitative estimate of drug-likeness (QED) is 0.392. The van der Waals surface area contributed by atoms with Gasteiger partial charge in [0.1, 0.15) is 0 Å². The molecule has 0 spiro atoms. The minimum Gasteiger partial charge on any atom is -0.504 e. The molecule has 0 atom stereocenters. The Labute approximate surface area is 70.0 Å². The molecule has 0 aliphatic carbocycles. The summed E-state index contributed by atoms with van der Waals surface area (Å²) in [7, 11) is 0. The van der Waals surface area contributed by atoms with E-state index in [2.05, 4.69) is 0 Å². The first-order valence-electron chi connectivity index (χ1n) is 3.53. The van der Waals surface area contributed by atoms with E-state index in [1.165, 1.54) is 6.07 Å². The van der Waals surface area contributed by atoms with E-state index >= 15 is 0 Å². The summed E-state index contributed by atoms with van der Waals surface area (Å²) >= 11 is 0. The fourth-order valence-electron chi connectivity index (χ4n) is 1.03. The molecule has 0 amide bonds. The van der Waals surface area contributed by atoms with Crippen LogP contribution < -0.4 is 5.48 Å². The van der Waals surface area contributed by atoms with Crippen molar-refractivity contribution in [1.82, 2.24) is 5.48 Å². The van der Waals surface area contributed by atoms with Gasteiger partial charge in [0.2, 0.25) is 0 Å². The minimum atomic E-state index is -0.166. The minimum absolute atomic E-state index is 0.114. The molecular formula is C8H11NO3. The molecule has 0 saturated carbocycles. The Morgan fingerprint density at radius 3 is 2.50 bits per heavy atom. The van der Waals surface area contributed by atoms with Crippen LogP contribution in [0.3, 0.4) is 0 Å². The number of hydroxylamine groups is 1. The molecule has 1 aromatic rings. The smallest absolute Gasteiger partial charge is 0.160 e. The fourth-order valence-corrected chi connectivity index (χ4v) is 1.03. The van der Waals surface area contributed by atoms with Gasteiger partial charge in [-0.05, 0) is 24.1 Å². The average molecular weight is 169 g/mol. The summed E-state index contributed by atoms with van der Waals surface area (Å²) < 4.78 is 0. The maximum absolute atomic E-state index is 9.17. The SMILES string of the molecule is Cc1cc(CNO)cc(O)c1O. The number of hydrogen-bond acceptors (Lipinski definition) is 4. The van der Waals surface area contributed by atoms with Crippen molar-refractivity contribution in [2.75, 3.05) is 0 Å². The van der Waals surface area contributed by atoms with Crippen molar-refractivity contribution in [3.8, 4) is 11.5 Å². The highest BCUT2D eigenvalue weighted by atomic mass is 16.5. The maximum Gasteiger partial charge on any atom is 0.160 e. The molecule has 4 nitrogen and oxygen atoms in total. The van der Waals surface area contributed by atoms with Crippen LogP contribution in [0.2, 0.25) is 0 Å². The second-order valence-corrected chi connectivity index (χ2v) is 2.62. The third-order valence-electron chi connectivity index (χ3n) is 1.62. The van der Waals surface area contributed by atoms with Gasteiger partial charge >= 0.3 is 0 Å². The topological polar surface area (TPSA) is 72.7 Å². The largest absolute Gasteiger partial charge is 0.504 e. The van der Waals surface area contributed by atoms with Crippen molar-refractivity contribution in [1.29, 1.82) is 0 Å². The molecule has 12 heavy (non-hydrogen) atoms. The van der Waals surface area contributed by atoms with Gasteiger partial charge in [0.05, 0.1) is 0 Å². The lowest BCUT2D eigenvalue weighted by Crippen LogP contribution is -2.05. The zero-order chi connectivity index (χ0) is 9.14. The molecule has 0 aliphatic rings. The van der Waals surface area contributed by atoms with Crippen LogP contribution >= 0.6 is 0 Å². The molecule has 0 radical (unpaired) electrons. The first-order valence-corrected chi connectivity index (χ1v) is 3.53. The van der Waals surface area contributed by atoms with Gasteiger partial charge in [-0.1, -0.05) is 6.07 Å². The van der Waals surface area contributed by atoms with Crippen molar-refractivity contribution in [3.05, 3.63) is 23.3 Å². The van der Waals surface area contributed by atoms with Gasteiger partial charge in [0.15, 0.2) is 11.5 Å². The first kappa shape index (κ1) is 8.83. The van der Waals surface area contributed by atoms with Gasteiger partial charge in [-0.15, -0.1) is 0 Å². The number of aryl methyl sites for hydroxylation is 1. The number of phenolic OH excluding ortho intramolecular Hbond substituents is 2. The van der Waals surface area contributed by atoms with Gasteiger partial charge in [0, 0.05) is 6.54 Å². The van der Waals surface area contributed by atoms with Crippen LogP contribution in [0.1, 0.15) is 11.1 Å². The molecule has 0 saturated heterocycles. The molecule has 0 aromatic heterocycles. The average Bonchev–Trinajstić information content (AvgIpc) is 2.01. The number of nitrogens with one attached hydrogen (secondary N) is 1. The second kappa shape index (κ2) is 3.42. The summed E-state index contributed by atoms with van der Waals surface area (Å²) in [5.41, 5.74) is 3.26. The molecule has 1 rings (SSSR count). The van der Waals surface area contributed by atoms with Crippen molar-refractivity contribution in [3.63, 3.8) is 0 Å². The van der Waals surface area contributed by atoms with E-state index in [1.54, 1.807) is 13.0 Å². The van der Waals surface area contributed by atoms with Crippen LogP contribution in [-0.2, 0) is 6.54 Å². The Hall–Kier alpha value is -1.26. The van der Waals surface area contributed by atoms with Crippen molar-refractivity contribution >= 4 is 0 Å². The lowest BCUT2D eigenvalue weighted by atomic mass is 10.1. The highest BCUT2D eigenvalue weighted by Gasteiger charge is 2.04. The standard InChI is InChI=1S/C8H11NO3/c1-5-2-6(4-9-12)3-7(10)8(5)11/h2-3,9-12H,4H2,1H3. The van der Waals surface area contributed by atoms with Crippen LogP contribution in [0.4, 0.5) is 0 Å². The molecule has 66 valence electrons. The highest BCUT2D eigenvalue weighted by Crippen LogP contribution is 2.29. The van der Waals surface area contributed by atoms with Crippen LogP contribution in [0.15, 0.2) is 12.1 Å². The molecule has 0 aliphatic heterocycles. The number of hydrogen-bond donors (Lipinski definition) is 4. The maximum atomic E-state index is 9.17. The van der Waals surface area contributed by atoms with Gasteiger partial charge in [-0.2, -0.15) is 0 Å². The molecule has 1 aromatic carbocycles. The monoisotopic (exact) mass is 169 g/mol. The van der Waals surface area contributed by atoms with Gasteiger partial charge in [-0.3, -0.25) is 0 Å². The molecule has 0 bridgehead atoms. The van der Waals surface area contributed by atoms with Gasteiger partial charge < -0.3 is 15.4 Å². The number of phenols is 2. The zero-order valence-electron chi connectivity index (χ0n) is 6.70. The van der Waals surface area contributed by atoms with Crippen LogP contribution in [0, 0.1) is 6.92 Å². The van der Waals surface area contributed by atoms with Crippen molar-refractivity contribution < 1.29 is 15.4 Å². The molecular weight excluding hydrogens is 158 g/mol. The second-order valence-electron chi connectivity index (χ2n) is 2.62. The summed E-state index contributed by atoms with van der Waals surface area (Å²) in [6, 6.07) is 3.07. The van der Waals surface area contributed by atoms with Crippen LogP contribution in [-0.4, -0.2) is 15.4 Å². The summed E-state index contributed by atoms with van der Waals surface area (Å²) in [5, 5.41) is 26.7. The Bertz CT molecular complexity index is 263. The van der Waals surface area contributed by atoms with Gasteiger partial charge in [0.25, 0.3) is 0 Å². The molecule has 0 fully saturated rings. The lowest BCUT2D eigenvalue weighted by Gasteiger charge is -2.05. The lowest BCUT2D eigenvalue weighted by molar-refractivity contribution is 0.161. The zero-order valence-corrected chi connectivity index (χ0v) is 6.70.